The predicted molar refractivity (Wildman–Crippen MR) is 163 cm³/mol. The van der Waals surface area contributed by atoms with Crippen molar-refractivity contribution in [2.45, 2.75) is 26.2 Å². The molecule has 4 nitrogen and oxygen atoms in total. The topological polar surface area (TPSA) is 57.4 Å². The van der Waals surface area contributed by atoms with E-state index in [1.54, 1.807) is 0 Å². The largest absolute Gasteiger partial charge is 0.308 e. The molecule has 0 unspecified atom stereocenters. The maximum absolute atomic E-state index is 10.9. The van der Waals surface area contributed by atoms with Crippen LogP contribution in [0.5, 0.6) is 0 Å². The summed E-state index contributed by atoms with van der Waals surface area (Å²) in [6.45, 7) is 6.37. The monoisotopic (exact) mass is 514 g/mol. The molecule has 0 saturated carbocycles. The average Bonchev–Trinajstić information content (AvgIpc) is 3.48. The van der Waals surface area contributed by atoms with Crippen molar-refractivity contribution >= 4 is 43.6 Å². The first-order chi connectivity index (χ1) is 19.4. The molecule has 0 bridgehead atoms. The summed E-state index contributed by atoms with van der Waals surface area (Å²) in [6.07, 6.45) is 0. The number of benzene rings is 5. The molecular formula is C36H26N4. The van der Waals surface area contributed by atoms with Gasteiger partial charge in [0, 0.05) is 27.1 Å². The molecule has 0 aliphatic rings. The molecular weight excluding hydrogens is 488 g/mol. The maximum Gasteiger partial charge on any atom is 0.102 e. The fourth-order valence-corrected chi connectivity index (χ4v) is 6.34. The van der Waals surface area contributed by atoms with Crippen LogP contribution < -0.4 is 0 Å². The van der Waals surface area contributed by atoms with Crippen molar-refractivity contribution in [1.82, 2.24) is 9.13 Å². The Morgan fingerprint density at radius 1 is 0.550 bits per heavy atom. The Morgan fingerprint density at radius 3 is 1.32 bits per heavy atom. The highest BCUT2D eigenvalue weighted by atomic mass is 15.0. The van der Waals surface area contributed by atoms with E-state index in [1.165, 1.54) is 0 Å². The summed E-state index contributed by atoms with van der Waals surface area (Å²) >= 11 is 0. The third-order valence-corrected chi connectivity index (χ3v) is 7.89. The molecule has 0 aliphatic carbocycles. The van der Waals surface area contributed by atoms with Crippen LogP contribution in [0.3, 0.4) is 0 Å². The molecule has 7 aromatic rings. The lowest BCUT2D eigenvalue weighted by atomic mass is 9.80. The van der Waals surface area contributed by atoms with Crippen LogP contribution in [0.2, 0.25) is 0 Å². The first-order valence-electron chi connectivity index (χ1n) is 13.4. The van der Waals surface area contributed by atoms with Gasteiger partial charge in [-0.2, -0.15) is 10.5 Å². The smallest absolute Gasteiger partial charge is 0.102 e. The molecule has 0 fully saturated rings. The zero-order valence-corrected chi connectivity index (χ0v) is 22.6. The van der Waals surface area contributed by atoms with Gasteiger partial charge in [0.05, 0.1) is 44.6 Å². The lowest BCUT2D eigenvalue weighted by Gasteiger charge is -2.28. The third kappa shape index (κ3) is 3.24. The van der Waals surface area contributed by atoms with Gasteiger partial charge < -0.3 is 9.13 Å². The highest BCUT2D eigenvalue weighted by molar-refractivity contribution is 6.11. The van der Waals surface area contributed by atoms with Crippen molar-refractivity contribution in [3.63, 3.8) is 0 Å². The van der Waals surface area contributed by atoms with Crippen molar-refractivity contribution < 1.29 is 0 Å². The normalized spacial score (nSPS) is 11.8. The van der Waals surface area contributed by atoms with Gasteiger partial charge >= 0.3 is 0 Å². The van der Waals surface area contributed by atoms with Crippen LogP contribution in [0.1, 0.15) is 37.5 Å². The van der Waals surface area contributed by atoms with E-state index in [0.29, 0.717) is 11.1 Å². The minimum Gasteiger partial charge on any atom is -0.308 e. The molecule has 7 rings (SSSR count). The number of fused-ring (bicyclic) bond motifs is 6. The number of para-hydroxylation sites is 4. The first kappa shape index (κ1) is 23.8. The Hall–Kier alpha value is -5.32. The molecule has 5 aromatic carbocycles. The van der Waals surface area contributed by atoms with E-state index in [2.05, 4.69) is 90.6 Å². The summed E-state index contributed by atoms with van der Waals surface area (Å²) in [5.41, 5.74) is 7.08. The summed E-state index contributed by atoms with van der Waals surface area (Å²) in [6, 6.07) is 40.1. The van der Waals surface area contributed by atoms with Gasteiger partial charge in [0.15, 0.2) is 0 Å². The fraction of sp³-hybridized carbons (Fsp3) is 0.111. The fourth-order valence-electron chi connectivity index (χ4n) is 6.34. The molecule has 0 saturated heterocycles. The predicted octanol–water partition coefficient (Wildman–Crippen LogP) is 8.92. The molecule has 40 heavy (non-hydrogen) atoms. The number of hydrogen-bond donors (Lipinski definition) is 0. The summed E-state index contributed by atoms with van der Waals surface area (Å²) in [5, 5.41) is 26.0. The minimum absolute atomic E-state index is 0.437. The minimum atomic E-state index is -0.437. The van der Waals surface area contributed by atoms with Gasteiger partial charge in [0.2, 0.25) is 0 Å². The lowest BCUT2D eigenvalue weighted by molar-refractivity contribution is 0.585. The number of aromatic nitrogens is 2. The Morgan fingerprint density at radius 2 is 0.950 bits per heavy atom. The number of nitrogens with zero attached hydrogens (tertiary/aromatic N) is 4. The van der Waals surface area contributed by atoms with Crippen LogP contribution in [0.4, 0.5) is 0 Å². The zero-order chi connectivity index (χ0) is 27.6. The van der Waals surface area contributed by atoms with E-state index in [0.717, 1.165) is 60.5 Å². The first-order valence-corrected chi connectivity index (χ1v) is 13.4. The molecule has 0 atom stereocenters. The summed E-state index contributed by atoms with van der Waals surface area (Å²) < 4.78 is 4.33. The van der Waals surface area contributed by atoms with Crippen molar-refractivity contribution in [3.8, 4) is 23.5 Å². The Labute approximate surface area is 232 Å². The van der Waals surface area contributed by atoms with Crippen molar-refractivity contribution in [1.29, 1.82) is 10.5 Å². The van der Waals surface area contributed by atoms with Crippen LogP contribution >= 0.6 is 0 Å². The molecule has 2 heterocycles. The quantitative estimate of drug-likeness (QED) is 0.231. The maximum atomic E-state index is 10.9. The Balaban J connectivity index is 1.71. The standard InChI is InChI=1S/C36H26N4/c1-36(2,3)34-28(22-38)33(39-29-16-8-4-12-24(29)25-13-5-9-17-30(25)39)20-23(21-37)35(34)40-31-18-10-6-14-26(31)27-15-7-11-19-32(27)40/h4-20H,1-3H3. The highest BCUT2D eigenvalue weighted by Gasteiger charge is 2.31. The number of nitriles is 2. The summed E-state index contributed by atoms with van der Waals surface area (Å²) in [5.74, 6) is 0. The second kappa shape index (κ2) is 8.60. The van der Waals surface area contributed by atoms with Crippen LogP contribution in [-0.4, -0.2) is 9.13 Å². The van der Waals surface area contributed by atoms with Gasteiger partial charge in [-0.25, -0.2) is 0 Å². The van der Waals surface area contributed by atoms with Crippen LogP contribution in [-0.2, 0) is 5.41 Å². The molecule has 4 heteroatoms. The van der Waals surface area contributed by atoms with Crippen molar-refractivity contribution in [2.75, 3.05) is 0 Å². The number of rotatable bonds is 2. The Bertz CT molecular complexity index is 2120. The molecule has 0 radical (unpaired) electrons. The molecule has 0 aliphatic heterocycles. The highest BCUT2D eigenvalue weighted by Crippen LogP contribution is 2.43. The Kier molecular flexibility index (Phi) is 5.11. The average molecular weight is 515 g/mol. The van der Waals surface area contributed by atoms with Gasteiger partial charge in [-0.1, -0.05) is 93.6 Å². The molecule has 0 amide bonds. The van der Waals surface area contributed by atoms with E-state index in [4.69, 9.17) is 0 Å². The second-order valence-corrected chi connectivity index (χ2v) is 11.3. The number of hydrogen-bond acceptors (Lipinski definition) is 2. The van der Waals surface area contributed by atoms with Crippen LogP contribution in [0.15, 0.2) is 103 Å². The van der Waals surface area contributed by atoms with Gasteiger partial charge in [-0.15, -0.1) is 0 Å². The van der Waals surface area contributed by atoms with Crippen molar-refractivity contribution in [3.05, 3.63) is 120 Å². The van der Waals surface area contributed by atoms with Crippen LogP contribution in [0.25, 0.3) is 55.0 Å². The van der Waals surface area contributed by atoms with E-state index in [1.807, 2.05) is 54.6 Å². The molecule has 2 aromatic heterocycles. The molecule has 0 spiro atoms. The zero-order valence-electron chi connectivity index (χ0n) is 22.6. The molecule has 0 N–H and O–H groups in total. The van der Waals surface area contributed by atoms with E-state index < -0.39 is 5.41 Å². The van der Waals surface area contributed by atoms with Gasteiger partial charge in [0.25, 0.3) is 0 Å². The van der Waals surface area contributed by atoms with Crippen LogP contribution in [0, 0.1) is 22.7 Å². The van der Waals surface area contributed by atoms with Gasteiger partial charge in [-0.3, -0.25) is 0 Å². The van der Waals surface area contributed by atoms with E-state index in [9.17, 15) is 10.5 Å². The summed E-state index contributed by atoms with van der Waals surface area (Å²) in [7, 11) is 0. The second-order valence-electron chi connectivity index (χ2n) is 11.3. The van der Waals surface area contributed by atoms with E-state index >= 15 is 0 Å². The van der Waals surface area contributed by atoms with Gasteiger partial charge in [0.1, 0.15) is 12.1 Å². The molecule has 190 valence electrons. The SMILES string of the molecule is CC(C)(C)c1c(C#N)c(-n2c3ccccc3c3ccccc32)cc(C#N)c1-n1c2ccccc2c2ccccc21. The summed E-state index contributed by atoms with van der Waals surface area (Å²) in [4.78, 5) is 0. The van der Waals surface area contributed by atoms with E-state index in [-0.39, 0.29) is 0 Å². The van der Waals surface area contributed by atoms with Gasteiger partial charge in [-0.05, 0) is 35.7 Å². The third-order valence-electron chi connectivity index (χ3n) is 7.89. The van der Waals surface area contributed by atoms with Crippen molar-refractivity contribution in [2.24, 2.45) is 0 Å². The lowest BCUT2D eigenvalue weighted by Crippen LogP contribution is -2.20.